The highest BCUT2D eigenvalue weighted by atomic mass is 14.4. The van der Waals surface area contributed by atoms with Crippen molar-refractivity contribution in [3.05, 3.63) is 69.8 Å². The van der Waals surface area contributed by atoms with Crippen LogP contribution in [0.1, 0.15) is 71.9 Å². The van der Waals surface area contributed by atoms with Gasteiger partial charge in [0, 0.05) is 11.1 Å². The first-order chi connectivity index (χ1) is 12.1. The third kappa shape index (κ3) is 3.38. The molecule has 0 bridgehead atoms. The topological polar surface area (TPSA) is 0 Å². The molecule has 0 heterocycles. The fourth-order valence-electron chi connectivity index (χ4n) is 4.79. The van der Waals surface area contributed by atoms with Gasteiger partial charge in [0.25, 0.3) is 0 Å². The molecule has 2 aromatic rings. The SMILES string of the molecule is Cc1ccc(C#Cc2ccc3c(c2)CCC2CC(C)CCC32)cc1C. The Labute approximate surface area is 152 Å². The van der Waals surface area contributed by atoms with Gasteiger partial charge in [-0.1, -0.05) is 37.3 Å². The summed E-state index contributed by atoms with van der Waals surface area (Å²) in [5.41, 5.74) is 8.11. The summed E-state index contributed by atoms with van der Waals surface area (Å²) in [6, 6.07) is 13.5. The molecular formula is C25H28. The van der Waals surface area contributed by atoms with Crippen molar-refractivity contribution in [3.8, 4) is 11.8 Å². The van der Waals surface area contributed by atoms with Crippen LogP contribution in [0.4, 0.5) is 0 Å². The molecule has 128 valence electrons. The standard InChI is InChI=1S/C25H28/c1-17-4-12-24-22(14-17)10-11-23-16-21(9-13-25(23)24)8-7-20-6-5-18(2)19(3)15-20/h5-6,9,13,15-17,22,24H,4,10-12,14H2,1-3H3. The van der Waals surface area contributed by atoms with E-state index >= 15 is 0 Å². The second-order valence-corrected chi connectivity index (χ2v) is 8.29. The summed E-state index contributed by atoms with van der Waals surface area (Å²) in [7, 11) is 0. The first-order valence-electron chi connectivity index (χ1n) is 9.82. The molecule has 0 amide bonds. The van der Waals surface area contributed by atoms with Gasteiger partial charge in [-0.05, 0) is 104 Å². The van der Waals surface area contributed by atoms with E-state index in [1.54, 1.807) is 11.1 Å². The van der Waals surface area contributed by atoms with E-state index in [4.69, 9.17) is 0 Å². The van der Waals surface area contributed by atoms with Gasteiger partial charge < -0.3 is 0 Å². The minimum atomic E-state index is 0.807. The number of hydrogen-bond donors (Lipinski definition) is 0. The van der Waals surface area contributed by atoms with E-state index in [1.807, 2.05) is 0 Å². The lowest BCUT2D eigenvalue weighted by Gasteiger charge is -2.39. The predicted molar refractivity (Wildman–Crippen MR) is 106 cm³/mol. The zero-order chi connectivity index (χ0) is 17.4. The maximum Gasteiger partial charge on any atom is 0.0251 e. The van der Waals surface area contributed by atoms with Crippen molar-refractivity contribution in [2.75, 3.05) is 0 Å². The molecule has 0 aliphatic heterocycles. The van der Waals surface area contributed by atoms with E-state index in [1.165, 1.54) is 48.8 Å². The fourth-order valence-corrected chi connectivity index (χ4v) is 4.79. The molecule has 0 spiro atoms. The largest absolute Gasteiger partial charge is 0.0625 e. The maximum absolute atomic E-state index is 3.39. The molecule has 4 rings (SSSR count). The minimum absolute atomic E-state index is 0.807. The van der Waals surface area contributed by atoms with Crippen LogP contribution in [-0.2, 0) is 6.42 Å². The summed E-state index contributed by atoms with van der Waals surface area (Å²) >= 11 is 0. The molecule has 0 aromatic heterocycles. The number of rotatable bonds is 0. The first-order valence-corrected chi connectivity index (χ1v) is 9.82. The Morgan fingerprint density at radius 2 is 1.60 bits per heavy atom. The van der Waals surface area contributed by atoms with Crippen LogP contribution in [0.5, 0.6) is 0 Å². The van der Waals surface area contributed by atoms with Gasteiger partial charge in [-0.15, -0.1) is 0 Å². The lowest BCUT2D eigenvalue weighted by atomic mass is 9.65. The lowest BCUT2D eigenvalue weighted by molar-refractivity contribution is 0.221. The molecule has 1 saturated carbocycles. The summed E-state index contributed by atoms with van der Waals surface area (Å²) in [5, 5.41) is 0. The Balaban J connectivity index is 1.58. The van der Waals surface area contributed by atoms with E-state index in [0.717, 1.165) is 23.3 Å². The van der Waals surface area contributed by atoms with Crippen LogP contribution < -0.4 is 0 Å². The van der Waals surface area contributed by atoms with Gasteiger partial charge in [-0.3, -0.25) is 0 Å². The van der Waals surface area contributed by atoms with Crippen LogP contribution in [0.25, 0.3) is 0 Å². The normalized spacial score (nSPS) is 24.7. The molecule has 25 heavy (non-hydrogen) atoms. The van der Waals surface area contributed by atoms with Crippen LogP contribution in [0, 0.1) is 37.5 Å². The van der Waals surface area contributed by atoms with E-state index < -0.39 is 0 Å². The van der Waals surface area contributed by atoms with Crippen molar-refractivity contribution < 1.29 is 0 Å². The molecule has 2 aliphatic carbocycles. The molecular weight excluding hydrogens is 300 g/mol. The second kappa shape index (κ2) is 6.72. The Morgan fingerprint density at radius 1 is 0.840 bits per heavy atom. The van der Waals surface area contributed by atoms with Gasteiger partial charge in [-0.25, -0.2) is 0 Å². The van der Waals surface area contributed by atoms with Gasteiger partial charge in [-0.2, -0.15) is 0 Å². The Morgan fingerprint density at radius 3 is 2.40 bits per heavy atom. The third-order valence-electron chi connectivity index (χ3n) is 6.43. The molecule has 2 aromatic carbocycles. The van der Waals surface area contributed by atoms with Crippen LogP contribution in [0.2, 0.25) is 0 Å². The lowest BCUT2D eigenvalue weighted by Crippen LogP contribution is -2.27. The summed E-state index contributed by atoms with van der Waals surface area (Å²) in [5.74, 6) is 9.38. The number of fused-ring (bicyclic) bond motifs is 3. The average molecular weight is 328 g/mol. The zero-order valence-electron chi connectivity index (χ0n) is 15.7. The smallest absolute Gasteiger partial charge is 0.0251 e. The van der Waals surface area contributed by atoms with Crippen molar-refractivity contribution in [3.63, 3.8) is 0 Å². The van der Waals surface area contributed by atoms with Gasteiger partial charge in [0.05, 0.1) is 0 Å². The maximum atomic E-state index is 3.39. The van der Waals surface area contributed by atoms with Crippen molar-refractivity contribution in [1.29, 1.82) is 0 Å². The first kappa shape index (κ1) is 16.5. The highest BCUT2D eigenvalue weighted by Crippen LogP contribution is 2.46. The van der Waals surface area contributed by atoms with Crippen molar-refractivity contribution in [2.24, 2.45) is 11.8 Å². The zero-order valence-corrected chi connectivity index (χ0v) is 15.7. The van der Waals surface area contributed by atoms with Crippen LogP contribution in [0.15, 0.2) is 36.4 Å². The van der Waals surface area contributed by atoms with Gasteiger partial charge in [0.15, 0.2) is 0 Å². The van der Waals surface area contributed by atoms with Gasteiger partial charge in [0.2, 0.25) is 0 Å². The van der Waals surface area contributed by atoms with Gasteiger partial charge in [0.1, 0.15) is 0 Å². The Bertz CT molecular complexity index is 846. The molecule has 0 N–H and O–H groups in total. The van der Waals surface area contributed by atoms with Crippen molar-refractivity contribution >= 4 is 0 Å². The molecule has 3 unspecified atom stereocenters. The molecule has 0 nitrogen and oxygen atoms in total. The van der Waals surface area contributed by atoms with E-state index in [2.05, 4.69) is 69.0 Å². The average Bonchev–Trinajstić information content (AvgIpc) is 2.62. The summed E-state index contributed by atoms with van der Waals surface area (Å²) in [4.78, 5) is 0. The highest BCUT2D eigenvalue weighted by molar-refractivity contribution is 5.48. The number of hydrogen-bond acceptors (Lipinski definition) is 0. The molecule has 0 heteroatoms. The van der Waals surface area contributed by atoms with Crippen LogP contribution in [0.3, 0.4) is 0 Å². The van der Waals surface area contributed by atoms with Crippen LogP contribution in [-0.4, -0.2) is 0 Å². The third-order valence-corrected chi connectivity index (χ3v) is 6.43. The Hall–Kier alpha value is -2.00. The monoisotopic (exact) mass is 328 g/mol. The van der Waals surface area contributed by atoms with E-state index in [-0.39, 0.29) is 0 Å². The highest BCUT2D eigenvalue weighted by Gasteiger charge is 2.33. The molecule has 1 fully saturated rings. The fraction of sp³-hybridized carbons (Fsp3) is 0.440. The summed E-state index contributed by atoms with van der Waals surface area (Å²) < 4.78 is 0. The second-order valence-electron chi connectivity index (χ2n) is 8.29. The number of aryl methyl sites for hydroxylation is 3. The van der Waals surface area contributed by atoms with Gasteiger partial charge >= 0.3 is 0 Å². The van der Waals surface area contributed by atoms with E-state index in [0.29, 0.717) is 0 Å². The number of benzene rings is 2. The minimum Gasteiger partial charge on any atom is -0.0625 e. The van der Waals surface area contributed by atoms with Crippen LogP contribution >= 0.6 is 0 Å². The van der Waals surface area contributed by atoms with Crippen molar-refractivity contribution in [1.82, 2.24) is 0 Å². The quantitative estimate of drug-likeness (QED) is 0.507. The van der Waals surface area contributed by atoms with Crippen molar-refractivity contribution in [2.45, 2.75) is 58.8 Å². The summed E-state index contributed by atoms with van der Waals surface area (Å²) in [6.45, 7) is 6.73. The molecule has 2 aliphatic rings. The summed E-state index contributed by atoms with van der Waals surface area (Å²) in [6.07, 6.45) is 6.82. The van der Waals surface area contributed by atoms with E-state index in [9.17, 15) is 0 Å². The molecule has 3 atom stereocenters. The predicted octanol–water partition coefficient (Wildman–Crippen LogP) is 6.17. The Kier molecular flexibility index (Phi) is 4.43. The molecule has 0 radical (unpaired) electrons. The molecule has 0 saturated heterocycles.